The number of anilines is 1. The van der Waals surface area contributed by atoms with Gasteiger partial charge in [-0.3, -0.25) is 0 Å². The molecular weight excluding hydrogens is 472 g/mol. The van der Waals surface area contributed by atoms with Gasteiger partial charge in [0.2, 0.25) is 0 Å². The molecule has 1 aliphatic rings. The number of hydrogen-bond acceptors (Lipinski definition) is 7. The number of nitrogens with zero attached hydrogens (tertiary/aromatic N) is 3. The SMILES string of the molecule is CC(C)(C)OC(=O)NN(C(=O)OC(C)(C)C)c1ccc2cnn(S(=O)(=O)C3(C)C=CC=CC3)c2c1. The Morgan fingerprint density at radius 1 is 1.09 bits per heavy atom. The molecule has 35 heavy (non-hydrogen) atoms. The molecule has 3 rings (SSSR count). The van der Waals surface area contributed by atoms with Crippen molar-refractivity contribution in [3.8, 4) is 0 Å². The van der Waals surface area contributed by atoms with Gasteiger partial charge in [0.1, 0.15) is 15.9 Å². The lowest BCUT2D eigenvalue weighted by molar-refractivity contribution is 0.0425. The maximum Gasteiger partial charge on any atom is 0.434 e. The van der Waals surface area contributed by atoms with Gasteiger partial charge >= 0.3 is 12.2 Å². The topological polar surface area (TPSA) is 120 Å². The molecule has 0 bridgehead atoms. The van der Waals surface area contributed by atoms with E-state index in [-0.39, 0.29) is 17.6 Å². The number of aromatic nitrogens is 2. The highest BCUT2D eigenvalue weighted by atomic mass is 32.2. The summed E-state index contributed by atoms with van der Waals surface area (Å²) in [6.07, 6.45) is 6.85. The Morgan fingerprint density at radius 3 is 2.31 bits per heavy atom. The minimum atomic E-state index is -3.96. The van der Waals surface area contributed by atoms with Crippen molar-refractivity contribution in [1.82, 2.24) is 14.6 Å². The van der Waals surface area contributed by atoms with E-state index in [0.717, 1.165) is 9.10 Å². The van der Waals surface area contributed by atoms with Gasteiger partial charge in [-0.2, -0.15) is 14.2 Å². The Morgan fingerprint density at radius 2 is 1.74 bits per heavy atom. The van der Waals surface area contributed by atoms with Gasteiger partial charge in [-0.05, 0) is 73.1 Å². The summed E-state index contributed by atoms with van der Waals surface area (Å²) in [5.41, 5.74) is 1.14. The highest BCUT2D eigenvalue weighted by Gasteiger charge is 2.39. The largest absolute Gasteiger partial charge is 0.443 e. The van der Waals surface area contributed by atoms with Crippen LogP contribution in [0, 0.1) is 0 Å². The van der Waals surface area contributed by atoms with Crippen LogP contribution in [-0.2, 0) is 19.5 Å². The average Bonchev–Trinajstić information content (AvgIpc) is 3.13. The van der Waals surface area contributed by atoms with Gasteiger partial charge in [0.15, 0.2) is 0 Å². The lowest BCUT2D eigenvalue weighted by Gasteiger charge is -2.29. The van der Waals surface area contributed by atoms with Crippen molar-refractivity contribution in [2.75, 3.05) is 5.01 Å². The van der Waals surface area contributed by atoms with E-state index in [0.29, 0.717) is 5.39 Å². The van der Waals surface area contributed by atoms with Crippen LogP contribution >= 0.6 is 0 Å². The second-order valence-corrected chi connectivity index (χ2v) is 12.7. The Balaban J connectivity index is 2.07. The molecule has 1 N–H and O–H groups in total. The highest BCUT2D eigenvalue weighted by Crippen LogP contribution is 2.32. The fraction of sp³-hybridized carbons (Fsp3) is 0.458. The summed E-state index contributed by atoms with van der Waals surface area (Å²) in [7, 11) is -3.96. The molecule has 0 radical (unpaired) electrons. The predicted octanol–water partition coefficient (Wildman–Crippen LogP) is 4.67. The third-order valence-corrected chi connectivity index (χ3v) is 7.22. The molecule has 1 unspecified atom stereocenters. The first kappa shape index (κ1) is 26.3. The molecule has 1 aromatic heterocycles. The molecule has 0 aliphatic heterocycles. The normalized spacial score (nSPS) is 18.4. The van der Waals surface area contributed by atoms with Crippen molar-refractivity contribution < 1.29 is 27.5 Å². The van der Waals surface area contributed by atoms with E-state index < -0.39 is 38.2 Å². The quantitative estimate of drug-likeness (QED) is 0.603. The fourth-order valence-corrected chi connectivity index (χ4v) is 4.87. The van der Waals surface area contributed by atoms with Crippen LogP contribution in [0.25, 0.3) is 10.9 Å². The van der Waals surface area contributed by atoms with Crippen molar-refractivity contribution in [3.05, 3.63) is 48.7 Å². The minimum absolute atomic E-state index is 0.166. The number of hydrazine groups is 1. The van der Waals surface area contributed by atoms with Gasteiger partial charge in [-0.25, -0.2) is 23.4 Å². The average molecular weight is 505 g/mol. The standard InChI is InChI=1S/C24H32N4O6S/c1-22(2,3)33-20(29)26-27(21(30)34-23(4,5)6)18-12-11-17-16-25-28(19(17)15-18)35(31,32)24(7)13-9-8-10-14-24/h8-13,15-16H,14H2,1-7H3,(H,26,29). The summed E-state index contributed by atoms with van der Waals surface area (Å²) in [4.78, 5) is 25.5. The van der Waals surface area contributed by atoms with Crippen LogP contribution in [0.1, 0.15) is 54.9 Å². The summed E-state index contributed by atoms with van der Waals surface area (Å²) in [6, 6.07) is 4.61. The lowest BCUT2D eigenvalue weighted by atomic mass is 10.0. The van der Waals surface area contributed by atoms with Crippen molar-refractivity contribution in [1.29, 1.82) is 0 Å². The predicted molar refractivity (Wildman–Crippen MR) is 133 cm³/mol. The van der Waals surface area contributed by atoms with Gasteiger partial charge in [-0.15, -0.1) is 0 Å². The number of hydrogen-bond donors (Lipinski definition) is 1. The zero-order valence-electron chi connectivity index (χ0n) is 21.0. The van der Waals surface area contributed by atoms with Gasteiger partial charge in [0, 0.05) is 5.39 Å². The zero-order valence-corrected chi connectivity index (χ0v) is 21.8. The maximum atomic E-state index is 13.5. The van der Waals surface area contributed by atoms with Crippen molar-refractivity contribution in [2.45, 2.75) is 70.8 Å². The number of carbonyl (C=O) groups excluding carboxylic acids is 2. The Labute approximate surface area is 205 Å². The van der Waals surface area contributed by atoms with Gasteiger partial charge in [-0.1, -0.05) is 24.3 Å². The highest BCUT2D eigenvalue weighted by molar-refractivity contribution is 7.91. The summed E-state index contributed by atoms with van der Waals surface area (Å²) >= 11 is 0. The molecule has 2 amide bonds. The number of allylic oxidation sites excluding steroid dienone is 3. The van der Waals surface area contributed by atoms with Crippen LogP contribution in [0.5, 0.6) is 0 Å². The maximum absolute atomic E-state index is 13.5. The fourth-order valence-electron chi connectivity index (χ4n) is 3.33. The molecule has 0 fully saturated rings. The Kier molecular flexibility index (Phi) is 6.78. The van der Waals surface area contributed by atoms with E-state index in [1.54, 1.807) is 84.9 Å². The van der Waals surface area contributed by atoms with Crippen LogP contribution < -0.4 is 10.4 Å². The molecular formula is C24H32N4O6S. The Hall–Kier alpha value is -3.34. The molecule has 0 spiro atoms. The molecule has 1 aromatic carbocycles. The third-order valence-electron chi connectivity index (χ3n) is 4.99. The first-order valence-electron chi connectivity index (χ1n) is 11.1. The molecule has 1 heterocycles. The van der Waals surface area contributed by atoms with Crippen LogP contribution in [0.3, 0.4) is 0 Å². The molecule has 10 nitrogen and oxygen atoms in total. The smallest absolute Gasteiger partial charge is 0.434 e. The van der Waals surface area contributed by atoms with Gasteiger partial charge in [0.05, 0.1) is 17.4 Å². The van der Waals surface area contributed by atoms with E-state index in [1.165, 1.54) is 12.3 Å². The summed E-state index contributed by atoms with van der Waals surface area (Å²) < 4.78 is 37.6. The number of amides is 2. The van der Waals surface area contributed by atoms with E-state index in [4.69, 9.17) is 9.47 Å². The van der Waals surface area contributed by atoms with Gasteiger partial charge < -0.3 is 9.47 Å². The minimum Gasteiger partial charge on any atom is -0.443 e. The Bertz CT molecular complexity index is 1300. The molecule has 1 atom stereocenters. The summed E-state index contributed by atoms with van der Waals surface area (Å²) in [5, 5.41) is 5.55. The van der Waals surface area contributed by atoms with E-state index in [1.807, 2.05) is 0 Å². The zero-order chi connectivity index (χ0) is 26.2. The van der Waals surface area contributed by atoms with Gasteiger partial charge in [0.25, 0.3) is 10.0 Å². The summed E-state index contributed by atoms with van der Waals surface area (Å²) in [5.74, 6) is 0. The number of rotatable bonds is 3. The van der Waals surface area contributed by atoms with Crippen LogP contribution in [0.15, 0.2) is 48.7 Å². The third kappa shape index (κ3) is 5.84. The molecule has 11 heteroatoms. The molecule has 2 aromatic rings. The van der Waals surface area contributed by atoms with E-state index in [2.05, 4.69) is 10.5 Å². The van der Waals surface area contributed by atoms with E-state index >= 15 is 0 Å². The second kappa shape index (κ2) is 9.03. The number of ether oxygens (including phenoxy) is 2. The van der Waals surface area contributed by atoms with Crippen LogP contribution in [0.4, 0.5) is 15.3 Å². The van der Waals surface area contributed by atoms with Crippen molar-refractivity contribution in [2.24, 2.45) is 0 Å². The molecule has 1 aliphatic carbocycles. The number of benzene rings is 1. The first-order chi connectivity index (χ1) is 16.0. The number of fused-ring (bicyclic) bond motifs is 1. The molecule has 190 valence electrons. The number of carbonyl (C=O) groups is 2. The second-order valence-electron chi connectivity index (χ2n) is 10.5. The van der Waals surface area contributed by atoms with E-state index in [9.17, 15) is 18.0 Å². The first-order valence-corrected chi connectivity index (χ1v) is 12.6. The lowest BCUT2D eigenvalue weighted by Crippen LogP contribution is -2.50. The number of nitrogens with one attached hydrogen (secondary N) is 1. The van der Waals surface area contributed by atoms with Crippen molar-refractivity contribution >= 4 is 38.8 Å². The van der Waals surface area contributed by atoms with Crippen molar-refractivity contribution in [3.63, 3.8) is 0 Å². The summed E-state index contributed by atoms with van der Waals surface area (Å²) in [6.45, 7) is 11.8. The molecule has 0 saturated heterocycles. The van der Waals surface area contributed by atoms with Crippen LogP contribution in [-0.4, -0.2) is 45.7 Å². The monoisotopic (exact) mass is 504 g/mol. The van der Waals surface area contributed by atoms with Crippen LogP contribution in [0.2, 0.25) is 0 Å². The molecule has 0 saturated carbocycles.